The first-order valence-electron chi connectivity index (χ1n) is 4.46. The minimum absolute atomic E-state index is 0. The maximum Gasteiger partial charge on any atom is 0.155 e. The van der Waals surface area contributed by atoms with Gasteiger partial charge in [0.05, 0.1) is 0 Å². The molecule has 0 spiro atoms. The molecule has 0 amide bonds. The average molecular weight is 203 g/mol. The van der Waals surface area contributed by atoms with Gasteiger partial charge in [0.15, 0.2) is 5.82 Å². The van der Waals surface area contributed by atoms with Gasteiger partial charge in [-0.2, -0.15) is 5.10 Å². The Kier molecular flexibility index (Phi) is 3.69. The molecule has 13 heavy (non-hydrogen) atoms. The van der Waals surface area contributed by atoms with Crippen LogP contribution in [0, 0.1) is 6.92 Å². The number of nitrogens with one attached hydrogen (secondary N) is 2. The van der Waals surface area contributed by atoms with Crippen molar-refractivity contribution in [3.8, 4) is 0 Å². The SMILES string of the molecule is Cc1nc(C2CCCNC2)n[nH]1.Cl. The van der Waals surface area contributed by atoms with Crippen molar-refractivity contribution in [2.45, 2.75) is 25.7 Å². The first kappa shape index (κ1) is 10.5. The second-order valence-electron chi connectivity index (χ2n) is 3.32. The largest absolute Gasteiger partial charge is 0.316 e. The molecule has 4 nitrogen and oxygen atoms in total. The number of piperidine rings is 1. The molecule has 1 aromatic heterocycles. The number of nitrogens with zero attached hydrogens (tertiary/aromatic N) is 2. The monoisotopic (exact) mass is 202 g/mol. The highest BCUT2D eigenvalue weighted by Gasteiger charge is 2.18. The molecule has 1 aromatic rings. The molecule has 0 aromatic carbocycles. The molecule has 0 bridgehead atoms. The molecular weight excluding hydrogens is 188 g/mol. The van der Waals surface area contributed by atoms with Gasteiger partial charge in [0, 0.05) is 12.5 Å². The highest BCUT2D eigenvalue weighted by molar-refractivity contribution is 5.85. The Morgan fingerprint density at radius 1 is 1.46 bits per heavy atom. The molecule has 74 valence electrons. The molecule has 0 radical (unpaired) electrons. The van der Waals surface area contributed by atoms with E-state index in [0.29, 0.717) is 5.92 Å². The molecule has 1 fully saturated rings. The van der Waals surface area contributed by atoms with Crippen molar-refractivity contribution in [1.82, 2.24) is 20.5 Å². The predicted molar refractivity (Wildman–Crippen MR) is 53.2 cm³/mol. The highest BCUT2D eigenvalue weighted by atomic mass is 35.5. The van der Waals surface area contributed by atoms with Crippen LogP contribution in [0.2, 0.25) is 0 Å². The molecular formula is C8H15ClN4. The van der Waals surface area contributed by atoms with E-state index in [-0.39, 0.29) is 12.4 Å². The molecule has 1 aliphatic heterocycles. The van der Waals surface area contributed by atoms with Crippen LogP contribution in [0.3, 0.4) is 0 Å². The summed E-state index contributed by atoms with van der Waals surface area (Å²) >= 11 is 0. The summed E-state index contributed by atoms with van der Waals surface area (Å²) in [5.41, 5.74) is 0. The number of hydrogen-bond donors (Lipinski definition) is 2. The number of halogens is 1. The molecule has 0 aliphatic carbocycles. The molecule has 0 saturated carbocycles. The van der Waals surface area contributed by atoms with Gasteiger partial charge in [-0.3, -0.25) is 5.10 Å². The van der Waals surface area contributed by atoms with Crippen molar-refractivity contribution in [2.24, 2.45) is 0 Å². The van der Waals surface area contributed by atoms with Gasteiger partial charge >= 0.3 is 0 Å². The minimum Gasteiger partial charge on any atom is -0.316 e. The number of aryl methyl sites for hydroxylation is 1. The Hall–Kier alpha value is -0.610. The van der Waals surface area contributed by atoms with Crippen molar-refractivity contribution in [3.63, 3.8) is 0 Å². The lowest BCUT2D eigenvalue weighted by Gasteiger charge is -2.19. The van der Waals surface area contributed by atoms with Crippen molar-refractivity contribution >= 4 is 12.4 Å². The van der Waals surface area contributed by atoms with Crippen LogP contribution < -0.4 is 5.32 Å². The topological polar surface area (TPSA) is 53.6 Å². The van der Waals surface area contributed by atoms with E-state index in [9.17, 15) is 0 Å². The first-order valence-corrected chi connectivity index (χ1v) is 4.46. The Balaban J connectivity index is 0.000000845. The molecule has 2 heterocycles. The van der Waals surface area contributed by atoms with Crippen molar-refractivity contribution in [2.75, 3.05) is 13.1 Å². The lowest BCUT2D eigenvalue weighted by Crippen LogP contribution is -2.28. The van der Waals surface area contributed by atoms with E-state index < -0.39 is 0 Å². The van der Waals surface area contributed by atoms with Gasteiger partial charge in [-0.25, -0.2) is 4.98 Å². The minimum atomic E-state index is 0. The van der Waals surface area contributed by atoms with Crippen molar-refractivity contribution < 1.29 is 0 Å². The lowest BCUT2D eigenvalue weighted by atomic mass is 9.99. The van der Waals surface area contributed by atoms with E-state index >= 15 is 0 Å². The fourth-order valence-corrected chi connectivity index (χ4v) is 1.61. The van der Waals surface area contributed by atoms with E-state index in [1.165, 1.54) is 12.8 Å². The molecule has 1 saturated heterocycles. The normalized spacial score (nSPS) is 22.4. The number of aromatic nitrogens is 3. The van der Waals surface area contributed by atoms with Crippen LogP contribution in [-0.2, 0) is 0 Å². The molecule has 5 heteroatoms. The van der Waals surface area contributed by atoms with Gasteiger partial charge in [-0.15, -0.1) is 12.4 Å². The van der Waals surface area contributed by atoms with E-state index in [0.717, 1.165) is 24.7 Å². The second kappa shape index (κ2) is 4.58. The maximum atomic E-state index is 4.33. The summed E-state index contributed by atoms with van der Waals surface area (Å²) in [7, 11) is 0. The van der Waals surface area contributed by atoms with E-state index in [2.05, 4.69) is 20.5 Å². The molecule has 1 unspecified atom stereocenters. The number of aromatic amines is 1. The number of hydrogen-bond acceptors (Lipinski definition) is 3. The zero-order chi connectivity index (χ0) is 8.39. The van der Waals surface area contributed by atoms with E-state index in [1.807, 2.05) is 6.92 Å². The number of rotatable bonds is 1. The lowest BCUT2D eigenvalue weighted by molar-refractivity contribution is 0.447. The zero-order valence-corrected chi connectivity index (χ0v) is 8.52. The van der Waals surface area contributed by atoms with Gasteiger partial charge in [0.1, 0.15) is 5.82 Å². The van der Waals surface area contributed by atoms with E-state index in [4.69, 9.17) is 0 Å². The maximum absolute atomic E-state index is 4.33. The molecule has 1 aliphatic rings. The average Bonchev–Trinajstić information content (AvgIpc) is 2.54. The fourth-order valence-electron chi connectivity index (χ4n) is 1.61. The zero-order valence-electron chi connectivity index (χ0n) is 7.71. The number of H-pyrrole nitrogens is 1. The third-order valence-corrected chi connectivity index (χ3v) is 2.28. The standard InChI is InChI=1S/C8H14N4.ClH/c1-6-10-8(12-11-6)7-3-2-4-9-5-7;/h7,9H,2-5H2,1H3,(H,10,11,12);1H. The van der Waals surface area contributed by atoms with Crippen LogP contribution >= 0.6 is 12.4 Å². The molecule has 1 atom stereocenters. The summed E-state index contributed by atoms with van der Waals surface area (Å²) in [5, 5.41) is 10.4. The van der Waals surface area contributed by atoms with Crippen LogP contribution in [0.1, 0.15) is 30.4 Å². The summed E-state index contributed by atoms with van der Waals surface area (Å²) in [6, 6.07) is 0. The van der Waals surface area contributed by atoms with Gasteiger partial charge in [-0.1, -0.05) is 0 Å². The third kappa shape index (κ3) is 2.42. The van der Waals surface area contributed by atoms with E-state index in [1.54, 1.807) is 0 Å². The Labute approximate surface area is 83.9 Å². The van der Waals surface area contributed by atoms with Crippen LogP contribution in [-0.4, -0.2) is 28.3 Å². The Bertz CT molecular complexity index is 254. The van der Waals surface area contributed by atoms with Crippen molar-refractivity contribution in [3.05, 3.63) is 11.6 Å². The highest BCUT2D eigenvalue weighted by Crippen LogP contribution is 2.19. The molecule has 2 N–H and O–H groups in total. The summed E-state index contributed by atoms with van der Waals surface area (Å²) in [6.45, 7) is 4.10. The van der Waals surface area contributed by atoms with Gasteiger partial charge < -0.3 is 5.32 Å². The summed E-state index contributed by atoms with van der Waals surface area (Å²) in [6.07, 6.45) is 2.45. The molecule has 2 rings (SSSR count). The summed E-state index contributed by atoms with van der Waals surface area (Å²) in [4.78, 5) is 4.33. The first-order chi connectivity index (χ1) is 5.86. The fraction of sp³-hybridized carbons (Fsp3) is 0.750. The quantitative estimate of drug-likeness (QED) is 0.715. The van der Waals surface area contributed by atoms with Crippen LogP contribution in [0.25, 0.3) is 0 Å². The smallest absolute Gasteiger partial charge is 0.155 e. The van der Waals surface area contributed by atoms with Crippen molar-refractivity contribution in [1.29, 1.82) is 0 Å². The van der Waals surface area contributed by atoms with Gasteiger partial charge in [-0.05, 0) is 26.3 Å². The van der Waals surface area contributed by atoms with Crippen LogP contribution in [0.4, 0.5) is 0 Å². The predicted octanol–water partition coefficient (Wildman–Crippen LogP) is 1.00. The van der Waals surface area contributed by atoms with Gasteiger partial charge in [0.2, 0.25) is 0 Å². The third-order valence-electron chi connectivity index (χ3n) is 2.28. The second-order valence-corrected chi connectivity index (χ2v) is 3.32. The summed E-state index contributed by atoms with van der Waals surface area (Å²) in [5.74, 6) is 2.40. The van der Waals surface area contributed by atoms with Crippen LogP contribution in [0.15, 0.2) is 0 Å². The summed E-state index contributed by atoms with van der Waals surface area (Å²) < 4.78 is 0. The Morgan fingerprint density at radius 2 is 2.31 bits per heavy atom. The van der Waals surface area contributed by atoms with Crippen LogP contribution in [0.5, 0.6) is 0 Å². The van der Waals surface area contributed by atoms with Gasteiger partial charge in [0.25, 0.3) is 0 Å². The Morgan fingerprint density at radius 3 is 2.85 bits per heavy atom.